The highest BCUT2D eigenvalue weighted by Crippen LogP contribution is 2.37. The summed E-state index contributed by atoms with van der Waals surface area (Å²) >= 11 is 6.78. The van der Waals surface area contributed by atoms with Crippen molar-refractivity contribution in [3.63, 3.8) is 0 Å². The number of hydrogen-bond acceptors (Lipinski definition) is 3. The predicted molar refractivity (Wildman–Crippen MR) is 76.3 cm³/mol. The monoisotopic (exact) mass is 326 g/mol. The fraction of sp³-hybridized carbons (Fsp3) is 0.308. The third-order valence-electron chi connectivity index (χ3n) is 3.22. The maximum absolute atomic E-state index is 12.5. The molecule has 2 heterocycles. The standard InChI is InChI=1S/C13H11BrOS2/c14-12-6-8(7-17-12)13(15)10-2-1-3-11-9(10)4-5-16-11/h4-7,10H,1-3H2. The van der Waals surface area contributed by atoms with Crippen molar-refractivity contribution in [2.75, 3.05) is 0 Å². The van der Waals surface area contributed by atoms with Crippen molar-refractivity contribution in [2.45, 2.75) is 25.2 Å². The lowest BCUT2D eigenvalue weighted by Gasteiger charge is -2.20. The number of hydrogen-bond donors (Lipinski definition) is 0. The molecule has 0 amide bonds. The molecule has 1 aliphatic rings. The molecule has 0 N–H and O–H groups in total. The van der Waals surface area contributed by atoms with Crippen LogP contribution in [0.5, 0.6) is 0 Å². The molecule has 2 aromatic rings. The van der Waals surface area contributed by atoms with Crippen LogP contribution in [0, 0.1) is 0 Å². The zero-order valence-electron chi connectivity index (χ0n) is 9.11. The zero-order chi connectivity index (χ0) is 11.8. The second kappa shape index (κ2) is 4.67. The quantitative estimate of drug-likeness (QED) is 0.719. The first kappa shape index (κ1) is 11.6. The summed E-state index contributed by atoms with van der Waals surface area (Å²) in [5.74, 6) is 0.373. The third kappa shape index (κ3) is 2.14. The van der Waals surface area contributed by atoms with Crippen LogP contribution in [-0.2, 0) is 6.42 Å². The van der Waals surface area contributed by atoms with E-state index in [0.29, 0.717) is 0 Å². The Labute approximate surface area is 117 Å². The van der Waals surface area contributed by atoms with E-state index in [-0.39, 0.29) is 11.7 Å². The number of aryl methyl sites for hydroxylation is 1. The molecule has 0 aliphatic heterocycles. The Bertz CT molecular complexity index is 555. The minimum atomic E-state index is 0.0894. The van der Waals surface area contributed by atoms with Gasteiger partial charge in [0, 0.05) is 21.7 Å². The molecular weight excluding hydrogens is 316 g/mol. The summed E-state index contributed by atoms with van der Waals surface area (Å²) < 4.78 is 1.03. The smallest absolute Gasteiger partial charge is 0.171 e. The Morgan fingerprint density at radius 3 is 3.06 bits per heavy atom. The Kier molecular flexibility index (Phi) is 3.19. The minimum absolute atomic E-state index is 0.0894. The normalized spacial score (nSPS) is 19.0. The molecule has 0 saturated heterocycles. The van der Waals surface area contributed by atoms with Crippen LogP contribution >= 0.6 is 38.6 Å². The fourth-order valence-electron chi connectivity index (χ4n) is 2.40. The van der Waals surface area contributed by atoms with Crippen LogP contribution in [-0.4, -0.2) is 5.78 Å². The van der Waals surface area contributed by atoms with Crippen LogP contribution in [0.15, 0.2) is 26.7 Å². The molecule has 17 heavy (non-hydrogen) atoms. The van der Waals surface area contributed by atoms with Gasteiger partial charge in [-0.25, -0.2) is 0 Å². The summed E-state index contributed by atoms with van der Waals surface area (Å²) in [7, 11) is 0. The fourth-order valence-corrected chi connectivity index (χ4v) is 4.53. The van der Waals surface area contributed by atoms with Gasteiger partial charge in [-0.1, -0.05) is 0 Å². The summed E-state index contributed by atoms with van der Waals surface area (Å²) in [5.41, 5.74) is 2.12. The number of ketones is 1. The van der Waals surface area contributed by atoms with Crippen molar-refractivity contribution in [3.8, 4) is 0 Å². The summed E-state index contributed by atoms with van der Waals surface area (Å²) in [5, 5.41) is 4.06. The van der Waals surface area contributed by atoms with E-state index < -0.39 is 0 Å². The number of fused-ring (bicyclic) bond motifs is 1. The molecule has 0 bridgehead atoms. The predicted octanol–water partition coefficient (Wildman–Crippen LogP) is 4.87. The van der Waals surface area contributed by atoms with Crippen LogP contribution in [0.25, 0.3) is 0 Å². The second-order valence-electron chi connectivity index (χ2n) is 4.25. The molecule has 88 valence electrons. The molecule has 0 fully saturated rings. The molecule has 0 aromatic carbocycles. The van der Waals surface area contributed by atoms with Gasteiger partial charge in [0.1, 0.15) is 0 Å². The maximum atomic E-state index is 12.5. The lowest BCUT2D eigenvalue weighted by Crippen LogP contribution is -2.16. The first-order valence-electron chi connectivity index (χ1n) is 5.60. The van der Waals surface area contributed by atoms with Gasteiger partial charge in [0.25, 0.3) is 0 Å². The van der Waals surface area contributed by atoms with Gasteiger partial charge in [-0.15, -0.1) is 22.7 Å². The molecule has 1 nitrogen and oxygen atoms in total. The van der Waals surface area contributed by atoms with Crippen molar-refractivity contribution in [1.29, 1.82) is 0 Å². The molecule has 1 atom stereocenters. The maximum Gasteiger partial charge on any atom is 0.171 e. The first-order chi connectivity index (χ1) is 8.25. The SMILES string of the molecule is O=C(c1csc(Br)c1)C1CCCc2sccc21. The number of thiophene rings is 2. The average Bonchev–Trinajstić information content (AvgIpc) is 2.95. The first-order valence-corrected chi connectivity index (χ1v) is 8.15. The lowest BCUT2D eigenvalue weighted by atomic mass is 9.83. The Balaban J connectivity index is 1.94. The molecule has 0 spiro atoms. The molecular formula is C13H11BrOS2. The largest absolute Gasteiger partial charge is 0.293 e. The van der Waals surface area contributed by atoms with Gasteiger partial charge in [0.2, 0.25) is 0 Å². The van der Waals surface area contributed by atoms with Crippen molar-refractivity contribution >= 4 is 44.4 Å². The van der Waals surface area contributed by atoms with Gasteiger partial charge in [-0.05, 0) is 58.3 Å². The number of carbonyl (C=O) groups is 1. The van der Waals surface area contributed by atoms with Gasteiger partial charge in [-0.2, -0.15) is 0 Å². The summed E-state index contributed by atoms with van der Waals surface area (Å²) in [6.07, 6.45) is 3.27. The van der Waals surface area contributed by atoms with E-state index in [0.717, 1.165) is 28.6 Å². The summed E-state index contributed by atoms with van der Waals surface area (Å²) in [6.45, 7) is 0. The Morgan fingerprint density at radius 2 is 2.29 bits per heavy atom. The van der Waals surface area contributed by atoms with E-state index in [4.69, 9.17) is 0 Å². The molecule has 1 aliphatic carbocycles. The molecule has 2 aromatic heterocycles. The average molecular weight is 327 g/mol. The lowest BCUT2D eigenvalue weighted by molar-refractivity contribution is 0.0952. The molecule has 0 radical (unpaired) electrons. The van der Waals surface area contributed by atoms with Crippen molar-refractivity contribution in [2.24, 2.45) is 0 Å². The van der Waals surface area contributed by atoms with Crippen molar-refractivity contribution in [1.82, 2.24) is 0 Å². The van der Waals surface area contributed by atoms with E-state index in [1.54, 1.807) is 22.7 Å². The molecule has 4 heteroatoms. The van der Waals surface area contributed by atoms with Crippen LogP contribution in [0.4, 0.5) is 0 Å². The highest BCUT2D eigenvalue weighted by atomic mass is 79.9. The molecule has 3 rings (SSSR count). The van der Waals surface area contributed by atoms with E-state index in [1.807, 2.05) is 11.4 Å². The molecule has 0 saturated carbocycles. The van der Waals surface area contributed by atoms with E-state index in [9.17, 15) is 4.79 Å². The van der Waals surface area contributed by atoms with Crippen LogP contribution in [0.3, 0.4) is 0 Å². The second-order valence-corrected chi connectivity index (χ2v) is 7.54. The van der Waals surface area contributed by atoms with Crippen LogP contribution < -0.4 is 0 Å². The highest BCUT2D eigenvalue weighted by Gasteiger charge is 2.28. The van der Waals surface area contributed by atoms with Crippen LogP contribution in [0.1, 0.15) is 39.6 Å². The Hall–Kier alpha value is -0.450. The van der Waals surface area contributed by atoms with E-state index in [2.05, 4.69) is 27.4 Å². The Morgan fingerprint density at radius 1 is 1.41 bits per heavy atom. The number of carbonyl (C=O) groups excluding carboxylic acids is 1. The number of halogens is 1. The van der Waals surface area contributed by atoms with Gasteiger partial charge in [-0.3, -0.25) is 4.79 Å². The topological polar surface area (TPSA) is 17.1 Å². The van der Waals surface area contributed by atoms with Gasteiger partial charge in [0.05, 0.1) is 3.79 Å². The van der Waals surface area contributed by atoms with Gasteiger partial charge >= 0.3 is 0 Å². The molecule has 1 unspecified atom stereocenters. The van der Waals surface area contributed by atoms with Crippen molar-refractivity contribution in [3.05, 3.63) is 42.7 Å². The van der Waals surface area contributed by atoms with Crippen molar-refractivity contribution < 1.29 is 4.79 Å². The van der Waals surface area contributed by atoms with E-state index >= 15 is 0 Å². The summed E-state index contributed by atoms with van der Waals surface area (Å²) in [4.78, 5) is 13.9. The number of rotatable bonds is 2. The third-order valence-corrected chi connectivity index (χ3v) is 5.72. The minimum Gasteiger partial charge on any atom is -0.293 e. The highest BCUT2D eigenvalue weighted by molar-refractivity contribution is 9.11. The van der Waals surface area contributed by atoms with E-state index in [1.165, 1.54) is 10.4 Å². The van der Waals surface area contributed by atoms with Gasteiger partial charge in [0.15, 0.2) is 5.78 Å². The zero-order valence-corrected chi connectivity index (χ0v) is 12.3. The summed E-state index contributed by atoms with van der Waals surface area (Å²) in [6, 6.07) is 4.07. The number of Topliss-reactive ketones (excluding diaryl/α,β-unsaturated/α-hetero) is 1. The van der Waals surface area contributed by atoms with Gasteiger partial charge < -0.3 is 0 Å². The van der Waals surface area contributed by atoms with Crippen LogP contribution in [0.2, 0.25) is 0 Å².